The van der Waals surface area contributed by atoms with Crippen molar-refractivity contribution in [1.29, 1.82) is 0 Å². The lowest BCUT2D eigenvalue weighted by molar-refractivity contribution is -0.117. The highest BCUT2D eigenvalue weighted by Gasteiger charge is 2.30. The highest BCUT2D eigenvalue weighted by atomic mass is 35.5. The number of aryl methyl sites for hydroxylation is 2. The summed E-state index contributed by atoms with van der Waals surface area (Å²) in [5.74, 6) is -1.55. The number of nitrogens with one attached hydrogen (secondary N) is 3. The molecule has 0 radical (unpaired) electrons. The van der Waals surface area contributed by atoms with E-state index in [1.807, 2.05) is 13.8 Å². The molecule has 53 heavy (non-hydrogen) atoms. The topological polar surface area (TPSA) is 267 Å². The van der Waals surface area contributed by atoms with Gasteiger partial charge in [-0.2, -0.15) is 30.0 Å². The van der Waals surface area contributed by atoms with Crippen molar-refractivity contribution in [2.45, 2.75) is 26.7 Å². The van der Waals surface area contributed by atoms with E-state index in [0.29, 0.717) is 23.0 Å². The Morgan fingerprint density at radius 2 is 1.25 bits per heavy atom. The Morgan fingerprint density at radius 3 is 1.70 bits per heavy atom. The first-order chi connectivity index (χ1) is 25.4. The summed E-state index contributed by atoms with van der Waals surface area (Å²) in [6, 6.07) is 6.43. The van der Waals surface area contributed by atoms with Crippen LogP contribution in [-0.4, -0.2) is 88.4 Å². The van der Waals surface area contributed by atoms with Crippen molar-refractivity contribution in [3.63, 3.8) is 0 Å². The van der Waals surface area contributed by atoms with Gasteiger partial charge in [0.1, 0.15) is 23.0 Å². The number of nitrogens with zero attached hydrogens (tertiary/aromatic N) is 12. The maximum Gasteiger partial charge on any atom is 0.358 e. The maximum absolute atomic E-state index is 12.0. The van der Waals surface area contributed by atoms with Crippen LogP contribution in [-0.2, 0) is 18.9 Å². The van der Waals surface area contributed by atoms with E-state index in [9.17, 15) is 24.6 Å². The Bertz CT molecular complexity index is 2360. The fourth-order valence-corrected chi connectivity index (χ4v) is 5.12. The molecule has 1 aliphatic rings. The van der Waals surface area contributed by atoms with E-state index in [2.05, 4.69) is 66.7 Å². The molecular formula is C32H30ClN15O5. The molecule has 1 fully saturated rings. The Balaban J connectivity index is 0.000000185. The van der Waals surface area contributed by atoms with E-state index < -0.39 is 11.9 Å². The summed E-state index contributed by atoms with van der Waals surface area (Å²) in [6.07, 6.45) is 8.14. The van der Waals surface area contributed by atoms with Gasteiger partial charge >= 0.3 is 11.9 Å². The molecule has 0 aromatic carbocycles. The number of carbonyl (C=O) groups excluding carboxylic acids is 1. The second-order valence-electron chi connectivity index (χ2n) is 11.6. The minimum absolute atomic E-state index is 0.0140. The van der Waals surface area contributed by atoms with E-state index in [0.717, 1.165) is 35.1 Å². The molecule has 0 spiro atoms. The van der Waals surface area contributed by atoms with Crippen molar-refractivity contribution in [2.75, 3.05) is 16.0 Å². The number of carboxylic acid groups (broad SMARTS) is 2. The normalized spacial score (nSPS) is 12.0. The van der Waals surface area contributed by atoms with Crippen LogP contribution >= 0.6 is 11.6 Å². The fraction of sp³-hybridized carbons (Fsp3) is 0.219. The third-order valence-corrected chi connectivity index (χ3v) is 8.01. The Labute approximate surface area is 304 Å². The molecular weight excluding hydrogens is 710 g/mol. The zero-order valence-electron chi connectivity index (χ0n) is 28.5. The number of hydrogen-bond acceptors (Lipinski definition) is 15. The van der Waals surface area contributed by atoms with E-state index in [4.69, 9.17) is 11.6 Å². The summed E-state index contributed by atoms with van der Waals surface area (Å²) in [6.45, 7) is 3.68. The van der Waals surface area contributed by atoms with Gasteiger partial charge in [-0.05, 0) is 38.8 Å². The molecule has 7 rings (SSSR count). The Morgan fingerprint density at radius 1 is 0.755 bits per heavy atom. The lowest BCUT2D eigenvalue weighted by Gasteiger charge is -2.13. The van der Waals surface area contributed by atoms with Gasteiger partial charge in [0.05, 0.1) is 23.8 Å². The summed E-state index contributed by atoms with van der Waals surface area (Å²) >= 11 is 5.81. The van der Waals surface area contributed by atoms with Crippen LogP contribution in [0.1, 0.15) is 44.9 Å². The van der Waals surface area contributed by atoms with Gasteiger partial charge < -0.3 is 26.2 Å². The van der Waals surface area contributed by atoms with Crippen LogP contribution in [0.25, 0.3) is 22.5 Å². The smallest absolute Gasteiger partial charge is 0.358 e. The lowest BCUT2D eigenvalue weighted by Crippen LogP contribution is -2.16. The molecule has 5 N–H and O–H groups in total. The van der Waals surface area contributed by atoms with Crippen LogP contribution in [0.3, 0.4) is 0 Å². The SMILES string of the molecule is Cc1c(-c2cnn(C)n2)ccnc1Nc1cc(Cl)nnc1C(=O)O.Cc1c(-c2cnn(C)n2)ccnc1Nc1cc(NC(=O)C2CC2)nnc1C(=O)O. The molecule has 21 heteroatoms. The van der Waals surface area contributed by atoms with Gasteiger partial charge in [0.15, 0.2) is 22.4 Å². The summed E-state index contributed by atoms with van der Waals surface area (Å²) in [5.41, 5.74) is 4.36. The van der Waals surface area contributed by atoms with Crippen molar-refractivity contribution in [3.8, 4) is 22.5 Å². The average Bonchev–Trinajstić information content (AvgIpc) is 3.75. The van der Waals surface area contributed by atoms with Gasteiger partial charge in [-0.1, -0.05) is 11.6 Å². The molecule has 20 nitrogen and oxygen atoms in total. The number of amides is 1. The van der Waals surface area contributed by atoms with Gasteiger partial charge in [0, 0.05) is 66.8 Å². The number of aromatic nitrogens is 12. The van der Waals surface area contributed by atoms with Crippen LogP contribution in [0.15, 0.2) is 49.1 Å². The molecule has 0 atom stereocenters. The lowest BCUT2D eigenvalue weighted by atomic mass is 10.1. The van der Waals surface area contributed by atoms with Crippen LogP contribution < -0.4 is 16.0 Å². The highest BCUT2D eigenvalue weighted by molar-refractivity contribution is 6.29. The van der Waals surface area contributed by atoms with Crippen molar-refractivity contribution >= 4 is 58.3 Å². The third kappa shape index (κ3) is 8.34. The first-order valence-electron chi connectivity index (χ1n) is 15.7. The molecule has 1 saturated carbocycles. The second-order valence-corrected chi connectivity index (χ2v) is 12.0. The number of hydrogen-bond donors (Lipinski definition) is 5. The van der Waals surface area contributed by atoms with Crippen LogP contribution in [0.2, 0.25) is 5.15 Å². The fourth-order valence-electron chi connectivity index (χ4n) is 4.97. The second kappa shape index (κ2) is 15.1. The van der Waals surface area contributed by atoms with Gasteiger partial charge in [0.2, 0.25) is 5.91 Å². The van der Waals surface area contributed by atoms with E-state index in [1.165, 1.54) is 21.7 Å². The molecule has 0 bridgehead atoms. The van der Waals surface area contributed by atoms with Crippen molar-refractivity contribution in [3.05, 3.63) is 76.7 Å². The zero-order chi connectivity index (χ0) is 37.8. The van der Waals surface area contributed by atoms with Crippen LogP contribution in [0.5, 0.6) is 0 Å². The molecule has 1 amide bonds. The Hall–Kier alpha value is -6.96. The van der Waals surface area contributed by atoms with E-state index in [1.54, 1.807) is 51.0 Å². The summed E-state index contributed by atoms with van der Waals surface area (Å²) in [4.78, 5) is 46.3. The van der Waals surface area contributed by atoms with Crippen LogP contribution in [0, 0.1) is 19.8 Å². The minimum Gasteiger partial charge on any atom is -0.476 e. The summed E-state index contributed by atoms with van der Waals surface area (Å²) in [7, 11) is 3.45. The average molecular weight is 740 g/mol. The summed E-state index contributed by atoms with van der Waals surface area (Å²) < 4.78 is 0. The number of carboxylic acids is 2. The number of aromatic carboxylic acids is 2. The zero-order valence-corrected chi connectivity index (χ0v) is 29.2. The number of carbonyl (C=O) groups is 3. The first-order valence-corrected chi connectivity index (χ1v) is 16.1. The number of anilines is 5. The molecule has 1 aliphatic carbocycles. The molecule has 0 saturated heterocycles. The number of pyridine rings is 2. The monoisotopic (exact) mass is 739 g/mol. The van der Waals surface area contributed by atoms with E-state index in [-0.39, 0.29) is 45.6 Å². The maximum atomic E-state index is 12.0. The van der Waals surface area contributed by atoms with E-state index >= 15 is 0 Å². The van der Waals surface area contributed by atoms with Gasteiger partial charge in [-0.3, -0.25) is 4.79 Å². The number of halogens is 1. The predicted octanol–water partition coefficient (Wildman–Crippen LogP) is 3.84. The van der Waals surface area contributed by atoms with Crippen molar-refractivity contribution < 1.29 is 24.6 Å². The minimum atomic E-state index is -1.25. The highest BCUT2D eigenvalue weighted by Crippen LogP contribution is 2.32. The standard InChI is InChI=1S/C18H18N8O3.C14H12ClN7O2/c1-9-11(13-8-20-26(2)25-13)5-6-19-16(9)21-12-7-14(22-17(27)10-3-4-10)23-24-15(12)18(28)29;1-7-8(10-6-17-22(2)21-10)3-4-16-13(7)18-9-5-11(15)19-20-12(9)14(23)24/h5-8,10H,3-4H2,1-2H3,(H,28,29)(H2,19,21,22,23,27);3-6H,1-2H3,(H,23,24)(H,16,18,19). The summed E-state index contributed by atoms with van der Waals surface area (Å²) in [5, 5.41) is 58.7. The van der Waals surface area contributed by atoms with Gasteiger partial charge in [-0.15, -0.1) is 20.4 Å². The molecule has 6 aromatic rings. The molecule has 0 unspecified atom stereocenters. The molecule has 6 heterocycles. The van der Waals surface area contributed by atoms with Crippen LogP contribution in [0.4, 0.5) is 28.8 Å². The molecule has 0 aliphatic heterocycles. The van der Waals surface area contributed by atoms with Crippen molar-refractivity contribution in [2.24, 2.45) is 20.0 Å². The third-order valence-electron chi connectivity index (χ3n) is 7.83. The quantitative estimate of drug-likeness (QED) is 0.134. The number of rotatable bonds is 10. The predicted molar refractivity (Wildman–Crippen MR) is 189 cm³/mol. The van der Waals surface area contributed by atoms with Crippen molar-refractivity contribution in [1.82, 2.24) is 60.4 Å². The largest absolute Gasteiger partial charge is 0.476 e. The first kappa shape index (κ1) is 35.9. The Kier molecular flexibility index (Phi) is 10.2. The van der Waals surface area contributed by atoms with Gasteiger partial charge in [0.25, 0.3) is 0 Å². The van der Waals surface area contributed by atoms with Gasteiger partial charge in [-0.25, -0.2) is 19.6 Å². The molecule has 6 aromatic heterocycles. The molecule has 270 valence electrons.